The number of methoxy groups -OCH3 is 1. The zero-order chi connectivity index (χ0) is 33.5. The number of aliphatic carboxylic acids is 1. The smallest absolute Gasteiger partial charge is 0.337 e. The van der Waals surface area contributed by atoms with Crippen LogP contribution >= 0.6 is 0 Å². The second-order valence-electron chi connectivity index (χ2n) is 11.2. The molecule has 3 aromatic carbocycles. The van der Waals surface area contributed by atoms with E-state index in [2.05, 4.69) is 5.32 Å². The number of aliphatic hydroxyl groups is 2. The van der Waals surface area contributed by atoms with E-state index in [0.717, 1.165) is 0 Å². The van der Waals surface area contributed by atoms with E-state index in [-0.39, 0.29) is 31.0 Å². The molecule has 0 radical (unpaired) electrons. The highest BCUT2D eigenvalue weighted by atomic mass is 19.1. The highest BCUT2D eigenvalue weighted by Gasteiger charge is 2.31. The van der Waals surface area contributed by atoms with Gasteiger partial charge in [-0.2, -0.15) is 0 Å². The van der Waals surface area contributed by atoms with Crippen LogP contribution in [0.2, 0.25) is 0 Å². The Morgan fingerprint density at radius 3 is 1.87 bits per heavy atom. The SMILES string of the molecule is COC(=O)c1ccc(NC(=O)c2c(-c3ccc(F)cc3)c(-c3ccc(F)cc3)c(CC[C@@H](O)C[C@@H](O)CC(=O)O)n2C(C)C)cc1. The van der Waals surface area contributed by atoms with Gasteiger partial charge in [0.2, 0.25) is 0 Å². The Morgan fingerprint density at radius 2 is 1.37 bits per heavy atom. The van der Waals surface area contributed by atoms with Gasteiger partial charge in [0.25, 0.3) is 5.91 Å². The highest BCUT2D eigenvalue weighted by Crippen LogP contribution is 2.43. The summed E-state index contributed by atoms with van der Waals surface area (Å²) in [6.45, 7) is 3.75. The van der Waals surface area contributed by atoms with Crippen molar-refractivity contribution in [1.82, 2.24) is 4.57 Å². The summed E-state index contributed by atoms with van der Waals surface area (Å²) in [5.74, 6) is -3.17. The van der Waals surface area contributed by atoms with Crippen molar-refractivity contribution in [2.24, 2.45) is 0 Å². The fourth-order valence-corrected chi connectivity index (χ4v) is 5.52. The van der Waals surface area contributed by atoms with Crippen LogP contribution < -0.4 is 5.32 Å². The van der Waals surface area contributed by atoms with Crippen molar-refractivity contribution in [3.8, 4) is 22.3 Å². The van der Waals surface area contributed by atoms with Gasteiger partial charge in [0, 0.05) is 28.6 Å². The molecule has 0 aliphatic rings. The first-order valence-corrected chi connectivity index (χ1v) is 14.8. The summed E-state index contributed by atoms with van der Waals surface area (Å²) in [5, 5.41) is 32.7. The van der Waals surface area contributed by atoms with Crippen LogP contribution in [-0.4, -0.2) is 57.1 Å². The van der Waals surface area contributed by atoms with Crippen molar-refractivity contribution in [3.63, 3.8) is 0 Å². The predicted octanol–water partition coefficient (Wildman–Crippen LogP) is 6.24. The number of anilines is 1. The molecule has 242 valence electrons. The fourth-order valence-electron chi connectivity index (χ4n) is 5.52. The van der Waals surface area contributed by atoms with E-state index >= 15 is 0 Å². The normalized spacial score (nSPS) is 12.5. The molecule has 1 aromatic heterocycles. The molecule has 4 N–H and O–H groups in total. The van der Waals surface area contributed by atoms with Gasteiger partial charge in [0.1, 0.15) is 17.3 Å². The fraction of sp³-hybridized carbons (Fsp3) is 0.286. The second-order valence-corrected chi connectivity index (χ2v) is 11.2. The standard InChI is InChI=1S/C35H36F2N2O7/c1-20(2)39-29(17-16-27(40)18-28(41)19-30(42)43)31(21-4-10-24(36)11-5-21)32(22-6-12-25(37)13-7-22)33(39)34(44)38-26-14-8-23(9-15-26)35(45)46-3/h4-15,20,27-28,40-41H,16-19H2,1-3H3,(H,38,44)(H,42,43)/t27-,28-/m1/s1. The number of hydrogen-bond donors (Lipinski definition) is 4. The number of carbonyl (C=O) groups excluding carboxylic acids is 2. The number of carboxylic acid groups (broad SMARTS) is 1. The Balaban J connectivity index is 1.89. The molecular formula is C35H36F2N2O7. The van der Waals surface area contributed by atoms with Gasteiger partial charge in [0.05, 0.1) is 31.3 Å². The molecule has 4 aromatic rings. The number of esters is 1. The molecule has 9 nitrogen and oxygen atoms in total. The maximum atomic E-state index is 14.2. The van der Waals surface area contributed by atoms with Gasteiger partial charge in [-0.3, -0.25) is 9.59 Å². The predicted molar refractivity (Wildman–Crippen MR) is 169 cm³/mol. The average molecular weight is 635 g/mol. The van der Waals surface area contributed by atoms with Gasteiger partial charge >= 0.3 is 11.9 Å². The molecule has 0 fully saturated rings. The Kier molecular flexibility index (Phi) is 11.0. The van der Waals surface area contributed by atoms with Crippen LogP contribution in [0, 0.1) is 11.6 Å². The lowest BCUT2D eigenvalue weighted by molar-refractivity contribution is -0.139. The summed E-state index contributed by atoms with van der Waals surface area (Å²) < 4.78 is 34.7. The van der Waals surface area contributed by atoms with Gasteiger partial charge in [-0.15, -0.1) is 0 Å². The largest absolute Gasteiger partial charge is 0.481 e. The van der Waals surface area contributed by atoms with E-state index in [1.807, 2.05) is 18.4 Å². The Labute approximate surface area is 265 Å². The van der Waals surface area contributed by atoms with Gasteiger partial charge < -0.3 is 29.9 Å². The van der Waals surface area contributed by atoms with Crippen LogP contribution in [0.5, 0.6) is 0 Å². The van der Waals surface area contributed by atoms with Crippen molar-refractivity contribution < 1.29 is 43.2 Å². The number of ether oxygens (including phenoxy) is 1. The van der Waals surface area contributed by atoms with Crippen molar-refractivity contribution in [1.29, 1.82) is 0 Å². The van der Waals surface area contributed by atoms with E-state index in [4.69, 9.17) is 9.84 Å². The number of carbonyl (C=O) groups is 3. The van der Waals surface area contributed by atoms with E-state index < -0.39 is 48.1 Å². The number of halogens is 2. The molecule has 1 heterocycles. The molecule has 1 amide bonds. The monoisotopic (exact) mass is 634 g/mol. The molecule has 0 aliphatic carbocycles. The number of nitrogens with one attached hydrogen (secondary N) is 1. The number of aromatic nitrogens is 1. The summed E-state index contributed by atoms with van der Waals surface area (Å²) in [5.41, 5.74) is 3.67. The maximum absolute atomic E-state index is 14.2. The summed E-state index contributed by atoms with van der Waals surface area (Å²) in [6, 6.07) is 17.2. The summed E-state index contributed by atoms with van der Waals surface area (Å²) in [6.07, 6.45) is -2.68. The molecule has 4 rings (SSSR count). The molecule has 0 bridgehead atoms. The summed E-state index contributed by atoms with van der Waals surface area (Å²) in [7, 11) is 1.27. The first kappa shape index (κ1) is 34.0. The third-order valence-electron chi connectivity index (χ3n) is 7.54. The number of amides is 1. The van der Waals surface area contributed by atoms with E-state index in [1.54, 1.807) is 36.4 Å². The molecule has 0 saturated carbocycles. The lowest BCUT2D eigenvalue weighted by atomic mass is 9.92. The highest BCUT2D eigenvalue weighted by molar-refractivity contribution is 6.11. The zero-order valence-corrected chi connectivity index (χ0v) is 25.7. The van der Waals surface area contributed by atoms with Crippen LogP contribution in [0.3, 0.4) is 0 Å². The molecular weight excluding hydrogens is 598 g/mol. The van der Waals surface area contributed by atoms with Crippen LogP contribution in [0.1, 0.15) is 65.7 Å². The zero-order valence-electron chi connectivity index (χ0n) is 25.7. The number of rotatable bonds is 13. The quantitative estimate of drug-likeness (QED) is 0.128. The third-order valence-corrected chi connectivity index (χ3v) is 7.54. The number of hydrogen-bond acceptors (Lipinski definition) is 6. The van der Waals surface area contributed by atoms with Crippen molar-refractivity contribution in [3.05, 3.63) is 101 Å². The molecule has 11 heteroatoms. The number of carboxylic acids is 1. The van der Waals surface area contributed by atoms with E-state index in [0.29, 0.717) is 39.2 Å². The van der Waals surface area contributed by atoms with Gasteiger partial charge in [-0.05, 0) is 92.8 Å². The number of benzene rings is 3. The first-order valence-electron chi connectivity index (χ1n) is 14.8. The van der Waals surface area contributed by atoms with E-state index in [9.17, 15) is 33.4 Å². The first-order chi connectivity index (χ1) is 21.9. The second kappa shape index (κ2) is 14.9. The molecule has 0 saturated heterocycles. The Morgan fingerprint density at radius 1 is 0.826 bits per heavy atom. The van der Waals surface area contributed by atoms with Gasteiger partial charge in [-0.25, -0.2) is 13.6 Å². The lowest BCUT2D eigenvalue weighted by Crippen LogP contribution is -2.22. The van der Waals surface area contributed by atoms with Crippen molar-refractivity contribution in [2.45, 2.75) is 57.8 Å². The van der Waals surface area contributed by atoms with Crippen LogP contribution in [0.4, 0.5) is 14.5 Å². The van der Waals surface area contributed by atoms with Gasteiger partial charge in [-0.1, -0.05) is 24.3 Å². The summed E-state index contributed by atoms with van der Waals surface area (Å²) >= 11 is 0. The average Bonchev–Trinajstić information content (AvgIpc) is 3.36. The Bertz CT molecular complexity index is 1680. The summed E-state index contributed by atoms with van der Waals surface area (Å²) in [4.78, 5) is 37.1. The molecule has 0 aliphatic heterocycles. The minimum Gasteiger partial charge on any atom is -0.481 e. The van der Waals surface area contributed by atoms with Crippen LogP contribution in [-0.2, 0) is 16.0 Å². The van der Waals surface area contributed by atoms with Crippen molar-refractivity contribution >= 4 is 23.5 Å². The molecule has 46 heavy (non-hydrogen) atoms. The third kappa shape index (κ3) is 8.04. The topological polar surface area (TPSA) is 138 Å². The lowest BCUT2D eigenvalue weighted by Gasteiger charge is -2.20. The van der Waals surface area contributed by atoms with Crippen LogP contribution in [0.25, 0.3) is 22.3 Å². The molecule has 0 unspecified atom stereocenters. The van der Waals surface area contributed by atoms with E-state index in [1.165, 1.54) is 43.5 Å². The van der Waals surface area contributed by atoms with Gasteiger partial charge in [0.15, 0.2) is 0 Å². The number of nitrogens with zero attached hydrogens (tertiary/aromatic N) is 1. The van der Waals surface area contributed by atoms with Crippen LogP contribution in [0.15, 0.2) is 72.8 Å². The molecule has 0 spiro atoms. The minimum absolute atomic E-state index is 0.112. The minimum atomic E-state index is -1.25. The van der Waals surface area contributed by atoms with Crippen molar-refractivity contribution in [2.75, 3.05) is 12.4 Å². The Hall–Kier alpha value is -4.87. The number of aliphatic hydroxyl groups excluding tert-OH is 2. The molecule has 2 atom stereocenters. The maximum Gasteiger partial charge on any atom is 0.337 e.